The fourth-order valence-corrected chi connectivity index (χ4v) is 8.46. The van der Waals surface area contributed by atoms with Crippen molar-refractivity contribution in [3.05, 3.63) is 247 Å². The molecule has 0 aliphatic heterocycles. The van der Waals surface area contributed by atoms with Crippen molar-refractivity contribution in [2.75, 3.05) is 11.5 Å². The summed E-state index contributed by atoms with van der Waals surface area (Å²) in [6.07, 6.45) is 8.41. The van der Waals surface area contributed by atoms with Crippen molar-refractivity contribution in [1.29, 1.82) is 0 Å². The third-order valence-electron chi connectivity index (χ3n) is 12.9. The van der Waals surface area contributed by atoms with Gasteiger partial charge in [0.25, 0.3) is 0 Å². The molecule has 444 valence electrons. The van der Waals surface area contributed by atoms with E-state index in [1.54, 1.807) is 121 Å². The van der Waals surface area contributed by atoms with Gasteiger partial charge in [0.1, 0.15) is 22.2 Å². The van der Waals surface area contributed by atoms with Crippen molar-refractivity contribution in [3.8, 4) is 45.0 Å². The molecule has 0 saturated carbocycles. The van der Waals surface area contributed by atoms with Crippen molar-refractivity contribution < 1.29 is 28.7 Å². The number of hydrogen-bond acceptors (Lipinski definition) is 17. The number of nitrogen functional groups attached to an aromatic ring is 2. The third-order valence-corrected chi connectivity index (χ3v) is 12.9. The maximum Gasteiger partial charge on any atom is 0.420 e. The molecule has 0 aliphatic rings. The molecule has 11 rings (SSSR count). The predicted molar refractivity (Wildman–Crippen MR) is 345 cm³/mol. The minimum absolute atomic E-state index is 0.120. The Morgan fingerprint density at radius 3 is 1.09 bits per heavy atom. The average molecular weight is 1170 g/mol. The lowest BCUT2D eigenvalue weighted by molar-refractivity contribution is -0.000297. The summed E-state index contributed by atoms with van der Waals surface area (Å²) in [4.78, 5) is 82.3. The standard InChI is InChI=1S/C25H29NO6.2C20H16N4.C5H7N3/c1-24(2,3)31-22(29)26(23(30)32-25(4,5)6)16-17-12-14-19(15-13-17)21(28)20(27)18-10-8-7-9-11-18;21-12-14-6-8-16(9-7-14)20-19(15-4-2-1-3-5-15)24-18-13-22-11-10-17(18)23-20;21-12-14-6-8-16(9-7-14)20-19(15-4-2-1-3-5-15)23-17-10-11-22-13-18(17)24-20;6-4-1-2-8-3-5(4)7/h7-15H,16H2,1-6H3;2*1-11,13H,12,21H2;1-3H,7H2,(H2,6,8). The number of nitrogens with two attached hydrogens (primary N) is 4. The second-order valence-corrected chi connectivity index (χ2v) is 21.9. The predicted octanol–water partition coefficient (Wildman–Crippen LogP) is 13.3. The van der Waals surface area contributed by atoms with Gasteiger partial charge < -0.3 is 32.4 Å². The Balaban J connectivity index is 0.000000162. The van der Waals surface area contributed by atoms with Crippen molar-refractivity contribution in [3.63, 3.8) is 0 Å². The Labute approximate surface area is 510 Å². The van der Waals surface area contributed by atoms with Crippen molar-refractivity contribution >= 4 is 57.2 Å². The second-order valence-electron chi connectivity index (χ2n) is 21.9. The van der Waals surface area contributed by atoms with E-state index in [1.165, 1.54) is 18.3 Å². The van der Waals surface area contributed by atoms with E-state index in [0.717, 1.165) is 83.1 Å². The Hall–Kier alpha value is -11.0. The largest absolute Gasteiger partial charge is 0.443 e. The first kappa shape index (κ1) is 63.1. The summed E-state index contributed by atoms with van der Waals surface area (Å²) in [6.45, 7) is 11.1. The summed E-state index contributed by atoms with van der Waals surface area (Å²) in [7, 11) is 0. The summed E-state index contributed by atoms with van der Waals surface area (Å²) < 4.78 is 10.7. The van der Waals surface area contributed by atoms with Crippen LogP contribution in [0.3, 0.4) is 0 Å². The maximum absolute atomic E-state index is 12.6. The Morgan fingerprint density at radius 1 is 0.386 bits per heavy atom. The number of nitrogens with zero attached hydrogens (tertiary/aromatic N) is 8. The Morgan fingerprint density at radius 2 is 0.727 bits per heavy atom. The Kier molecular flexibility index (Phi) is 21.0. The number of carbonyl (C=O) groups is 4. The average Bonchev–Trinajstić information content (AvgIpc) is 3.56. The number of hydrogen-bond donors (Lipinski definition) is 4. The van der Waals surface area contributed by atoms with Gasteiger partial charge in [0, 0.05) is 65.1 Å². The van der Waals surface area contributed by atoms with Crippen LogP contribution in [0.1, 0.15) is 78.9 Å². The number of amides is 2. The van der Waals surface area contributed by atoms with E-state index in [9.17, 15) is 19.2 Å². The zero-order valence-corrected chi connectivity index (χ0v) is 49.7. The van der Waals surface area contributed by atoms with Crippen LogP contribution in [0.15, 0.2) is 219 Å². The van der Waals surface area contributed by atoms with Crippen LogP contribution < -0.4 is 22.9 Å². The van der Waals surface area contributed by atoms with Crippen molar-refractivity contribution in [2.45, 2.75) is 72.4 Å². The highest BCUT2D eigenvalue weighted by Crippen LogP contribution is 2.33. The number of Topliss-reactive ketones (excluding diaryl/α,β-unsaturated/α-hetero) is 2. The van der Waals surface area contributed by atoms with Crippen LogP contribution in [-0.4, -0.2) is 74.7 Å². The van der Waals surface area contributed by atoms with Gasteiger partial charge in [0.2, 0.25) is 11.6 Å². The first-order valence-electron chi connectivity index (χ1n) is 28.1. The monoisotopic (exact) mass is 1170 g/mol. The summed E-state index contributed by atoms with van der Waals surface area (Å²) in [5, 5.41) is 0. The molecule has 5 heterocycles. The molecular weight excluding hydrogens is 1100 g/mol. The van der Waals surface area contributed by atoms with Crippen molar-refractivity contribution in [1.82, 2.24) is 39.8 Å². The van der Waals surface area contributed by atoms with Gasteiger partial charge in [0.15, 0.2) is 0 Å². The van der Waals surface area contributed by atoms with E-state index in [4.69, 9.17) is 52.3 Å². The first-order chi connectivity index (χ1) is 42.3. The number of pyridine rings is 3. The lowest BCUT2D eigenvalue weighted by Crippen LogP contribution is -2.43. The van der Waals surface area contributed by atoms with Crippen molar-refractivity contribution in [2.24, 2.45) is 11.5 Å². The molecule has 0 saturated heterocycles. The number of aromatic nitrogens is 7. The van der Waals surface area contributed by atoms with E-state index in [-0.39, 0.29) is 12.1 Å². The SMILES string of the molecule is CC(C)(C)OC(=O)N(Cc1ccc(C(=O)C(=O)c2ccccc2)cc1)C(=O)OC(C)(C)C.NCc1ccc(-c2nc3ccncc3nc2-c2ccccc2)cc1.NCc1ccc(-c2nc3cnccc3nc2-c2ccccc2)cc1.Nc1ccncc1N. The second kappa shape index (κ2) is 29.2. The smallest absolute Gasteiger partial charge is 0.420 e. The van der Waals surface area contributed by atoms with E-state index in [0.29, 0.717) is 35.6 Å². The number of rotatable bonds is 11. The highest BCUT2D eigenvalue weighted by Gasteiger charge is 2.31. The van der Waals surface area contributed by atoms with Crippen LogP contribution in [0.25, 0.3) is 67.1 Å². The lowest BCUT2D eigenvalue weighted by Gasteiger charge is -2.28. The summed E-state index contributed by atoms with van der Waals surface area (Å²) in [5.41, 5.74) is 35.7. The topological polar surface area (TPSA) is 284 Å². The number of ketones is 2. The van der Waals surface area contributed by atoms with Gasteiger partial charge in [-0.3, -0.25) is 24.5 Å². The number of fused-ring (bicyclic) bond motifs is 2. The minimum atomic E-state index is -0.842. The molecule has 0 bridgehead atoms. The highest BCUT2D eigenvalue weighted by atomic mass is 16.6. The molecule has 6 aromatic carbocycles. The zero-order valence-electron chi connectivity index (χ0n) is 49.7. The molecule has 0 aliphatic carbocycles. The molecule has 0 spiro atoms. The fraction of sp³-hybridized carbons (Fsp3) is 0.157. The van der Waals surface area contributed by atoms with Gasteiger partial charge in [-0.2, -0.15) is 0 Å². The van der Waals surface area contributed by atoms with E-state index >= 15 is 0 Å². The minimum Gasteiger partial charge on any atom is -0.443 e. The van der Waals surface area contributed by atoms with Gasteiger partial charge in [-0.25, -0.2) is 34.4 Å². The highest BCUT2D eigenvalue weighted by molar-refractivity contribution is 6.49. The molecule has 11 aromatic rings. The van der Waals surface area contributed by atoms with Gasteiger partial charge in [-0.05, 0) is 76.4 Å². The number of ether oxygens (including phenoxy) is 2. The number of anilines is 2. The molecule has 8 N–H and O–H groups in total. The maximum atomic E-state index is 12.6. The first-order valence-corrected chi connectivity index (χ1v) is 28.1. The van der Waals surface area contributed by atoms with Crippen LogP contribution in [0, 0.1) is 0 Å². The van der Waals surface area contributed by atoms with E-state index in [2.05, 4.69) is 27.1 Å². The van der Waals surface area contributed by atoms with Gasteiger partial charge in [-0.15, -0.1) is 0 Å². The molecule has 0 radical (unpaired) electrons. The molecule has 0 fully saturated rings. The molecule has 0 unspecified atom stereocenters. The summed E-state index contributed by atoms with van der Waals surface area (Å²) in [5.74, 6) is -1.25. The van der Waals surface area contributed by atoms with Crippen LogP contribution in [0.4, 0.5) is 21.0 Å². The quantitative estimate of drug-likeness (QED) is 0.0691. The number of imide groups is 1. The lowest BCUT2D eigenvalue weighted by atomic mass is 10.0. The van der Waals surface area contributed by atoms with Gasteiger partial charge in [-0.1, -0.05) is 164 Å². The molecule has 88 heavy (non-hydrogen) atoms. The summed E-state index contributed by atoms with van der Waals surface area (Å²) in [6, 6.07) is 56.4. The van der Waals surface area contributed by atoms with Gasteiger partial charge in [0.05, 0.1) is 70.3 Å². The fourth-order valence-electron chi connectivity index (χ4n) is 8.46. The van der Waals surface area contributed by atoms with Gasteiger partial charge >= 0.3 is 12.2 Å². The van der Waals surface area contributed by atoms with Crippen LogP contribution >= 0.6 is 0 Å². The zero-order chi connectivity index (χ0) is 62.8. The molecule has 2 amide bonds. The summed E-state index contributed by atoms with van der Waals surface area (Å²) >= 11 is 0. The molecule has 0 atom stereocenters. The number of benzene rings is 6. The third kappa shape index (κ3) is 17.3. The number of carbonyl (C=O) groups excluding carboxylic acids is 4. The normalized spacial score (nSPS) is 10.9. The van der Waals surface area contributed by atoms with E-state index in [1.807, 2.05) is 109 Å². The van der Waals surface area contributed by atoms with E-state index < -0.39 is 35.0 Å². The molecule has 18 nitrogen and oxygen atoms in total. The Bertz CT molecular complexity index is 3930. The van der Waals surface area contributed by atoms with Crippen LogP contribution in [-0.2, 0) is 29.1 Å². The molecular formula is C70H68N12O6. The van der Waals surface area contributed by atoms with Crippen LogP contribution in [0.5, 0.6) is 0 Å². The van der Waals surface area contributed by atoms with Crippen LogP contribution in [0.2, 0.25) is 0 Å². The molecule has 5 aromatic heterocycles. The molecule has 18 heteroatoms.